The van der Waals surface area contributed by atoms with Crippen molar-refractivity contribution in [2.45, 2.75) is 37.8 Å². The van der Waals surface area contributed by atoms with E-state index in [0.29, 0.717) is 24.3 Å². The van der Waals surface area contributed by atoms with E-state index in [0.717, 1.165) is 19.4 Å². The Bertz CT molecular complexity index is 587. The van der Waals surface area contributed by atoms with E-state index in [4.69, 9.17) is 0 Å². The van der Waals surface area contributed by atoms with Gasteiger partial charge in [-0.1, -0.05) is 5.57 Å². The minimum Gasteiger partial charge on any atom is -0.508 e. The predicted octanol–water partition coefficient (Wildman–Crippen LogP) is 3.37. The first-order chi connectivity index (χ1) is 9.24. The number of fused-ring (bicyclic) bond motifs is 5. The van der Waals surface area contributed by atoms with Gasteiger partial charge in [-0.05, 0) is 46.7 Å². The molecule has 0 saturated heterocycles. The van der Waals surface area contributed by atoms with Crippen LogP contribution in [0.2, 0.25) is 0 Å². The normalized spacial score (nSPS) is 33.3. The zero-order valence-electron chi connectivity index (χ0n) is 10.6. The first-order valence-electron chi connectivity index (χ1n) is 6.85. The molecule has 1 aromatic heterocycles. The van der Waals surface area contributed by atoms with Gasteiger partial charge in [0.05, 0.1) is 0 Å². The van der Waals surface area contributed by atoms with Crippen molar-refractivity contribution in [3.05, 3.63) is 45.1 Å². The number of thiophene rings is 1. The maximum absolute atomic E-state index is 9.84. The highest BCUT2D eigenvalue weighted by Crippen LogP contribution is 2.48. The largest absolute Gasteiger partial charge is 0.508 e. The van der Waals surface area contributed by atoms with E-state index >= 15 is 0 Å². The quantitative estimate of drug-likeness (QED) is 0.680. The first-order valence-corrected chi connectivity index (χ1v) is 7.79. The van der Waals surface area contributed by atoms with Crippen LogP contribution in [0.3, 0.4) is 0 Å². The van der Waals surface area contributed by atoms with Crippen LogP contribution in [-0.2, 0) is 6.54 Å². The van der Waals surface area contributed by atoms with E-state index < -0.39 is 0 Å². The standard InChI is InChI=1S/C15H17NO2S/c17-13-3-8-1-2-12-15(10(8)4-14(13)18)11-7-19-6-9(11)5-16-12/h4,6-8,12,15-18H,1-3,5H2. The topological polar surface area (TPSA) is 52.5 Å². The SMILES string of the molecule is OC1=C(O)CC2CCC3NCc4cscc4C3C2=C1. The van der Waals surface area contributed by atoms with E-state index in [1.54, 1.807) is 11.3 Å². The number of allylic oxidation sites excluding steroid dienone is 2. The second-order valence-corrected chi connectivity index (χ2v) is 6.52. The zero-order valence-corrected chi connectivity index (χ0v) is 11.4. The van der Waals surface area contributed by atoms with Crippen LogP contribution in [0.1, 0.15) is 36.3 Å². The summed E-state index contributed by atoms with van der Waals surface area (Å²) in [4.78, 5) is 0. The van der Waals surface area contributed by atoms with Gasteiger partial charge in [0.25, 0.3) is 0 Å². The van der Waals surface area contributed by atoms with Crippen molar-refractivity contribution in [2.24, 2.45) is 5.92 Å². The van der Waals surface area contributed by atoms with Gasteiger partial charge in [-0.3, -0.25) is 0 Å². The van der Waals surface area contributed by atoms with Crippen LogP contribution in [0, 0.1) is 5.92 Å². The summed E-state index contributed by atoms with van der Waals surface area (Å²) in [6.45, 7) is 0.963. The summed E-state index contributed by atoms with van der Waals surface area (Å²) in [6.07, 6.45) is 4.65. The molecule has 1 saturated carbocycles. The molecule has 3 N–H and O–H groups in total. The van der Waals surface area contributed by atoms with Gasteiger partial charge < -0.3 is 15.5 Å². The van der Waals surface area contributed by atoms with Crippen molar-refractivity contribution >= 4 is 11.3 Å². The van der Waals surface area contributed by atoms with E-state index in [2.05, 4.69) is 16.1 Å². The van der Waals surface area contributed by atoms with Crippen LogP contribution in [0.15, 0.2) is 33.9 Å². The number of hydrogen-bond acceptors (Lipinski definition) is 4. The molecule has 2 aliphatic carbocycles. The minimum absolute atomic E-state index is 0.0641. The maximum Gasteiger partial charge on any atom is 0.152 e. The molecule has 3 aliphatic rings. The summed E-state index contributed by atoms with van der Waals surface area (Å²) in [7, 11) is 0. The van der Waals surface area contributed by atoms with Crippen molar-refractivity contribution in [1.82, 2.24) is 5.32 Å². The average molecular weight is 275 g/mol. The lowest BCUT2D eigenvalue weighted by Gasteiger charge is -2.43. The van der Waals surface area contributed by atoms with Gasteiger partial charge in [-0.2, -0.15) is 11.3 Å². The molecule has 0 radical (unpaired) electrons. The molecule has 1 fully saturated rings. The number of aliphatic hydroxyl groups excluding tert-OH is 2. The summed E-state index contributed by atoms with van der Waals surface area (Å²) in [5.41, 5.74) is 4.13. The molecule has 3 atom stereocenters. The Kier molecular flexibility index (Phi) is 2.50. The lowest BCUT2D eigenvalue weighted by Crippen LogP contribution is -2.44. The third-order valence-corrected chi connectivity index (χ3v) is 5.57. The highest BCUT2D eigenvalue weighted by atomic mass is 32.1. The molecule has 4 heteroatoms. The van der Waals surface area contributed by atoms with Crippen LogP contribution in [-0.4, -0.2) is 16.3 Å². The monoisotopic (exact) mass is 275 g/mol. The van der Waals surface area contributed by atoms with E-state index in [9.17, 15) is 10.2 Å². The summed E-state index contributed by atoms with van der Waals surface area (Å²) in [6, 6.07) is 0.484. The molecule has 0 aromatic carbocycles. The summed E-state index contributed by atoms with van der Waals surface area (Å²) >= 11 is 1.76. The van der Waals surface area contributed by atoms with Crippen LogP contribution >= 0.6 is 11.3 Å². The van der Waals surface area contributed by atoms with Crippen LogP contribution in [0.25, 0.3) is 0 Å². The van der Waals surface area contributed by atoms with Crippen LogP contribution < -0.4 is 5.32 Å². The summed E-state index contributed by atoms with van der Waals surface area (Å²) < 4.78 is 0. The molecule has 0 amide bonds. The van der Waals surface area contributed by atoms with Gasteiger partial charge in [0, 0.05) is 24.9 Å². The maximum atomic E-state index is 9.84. The number of aliphatic hydroxyl groups is 2. The molecule has 4 rings (SSSR count). The average Bonchev–Trinajstić information content (AvgIpc) is 2.88. The zero-order chi connectivity index (χ0) is 13.0. The van der Waals surface area contributed by atoms with Gasteiger partial charge in [-0.25, -0.2) is 0 Å². The second kappa shape index (κ2) is 4.12. The fourth-order valence-electron chi connectivity index (χ4n) is 3.81. The number of rotatable bonds is 0. The highest BCUT2D eigenvalue weighted by molar-refractivity contribution is 7.08. The van der Waals surface area contributed by atoms with E-state index in [-0.39, 0.29) is 11.5 Å². The molecule has 100 valence electrons. The second-order valence-electron chi connectivity index (χ2n) is 5.77. The van der Waals surface area contributed by atoms with Crippen molar-refractivity contribution in [3.63, 3.8) is 0 Å². The van der Waals surface area contributed by atoms with E-state index in [1.165, 1.54) is 16.7 Å². The van der Waals surface area contributed by atoms with Crippen molar-refractivity contribution in [2.75, 3.05) is 0 Å². The van der Waals surface area contributed by atoms with Gasteiger partial charge in [0.15, 0.2) is 5.76 Å². The van der Waals surface area contributed by atoms with Crippen LogP contribution in [0.4, 0.5) is 0 Å². The molecular weight excluding hydrogens is 258 g/mol. The first kappa shape index (κ1) is 11.6. The third-order valence-electron chi connectivity index (χ3n) is 4.76. The lowest BCUT2D eigenvalue weighted by atomic mass is 9.67. The Balaban J connectivity index is 1.82. The molecule has 3 nitrogen and oxygen atoms in total. The van der Waals surface area contributed by atoms with Gasteiger partial charge in [0.2, 0.25) is 0 Å². The Morgan fingerprint density at radius 1 is 1.21 bits per heavy atom. The Morgan fingerprint density at radius 3 is 3.00 bits per heavy atom. The smallest absolute Gasteiger partial charge is 0.152 e. The van der Waals surface area contributed by atoms with Gasteiger partial charge >= 0.3 is 0 Å². The summed E-state index contributed by atoms with van der Waals surface area (Å²) in [5, 5.41) is 27.7. The van der Waals surface area contributed by atoms with Crippen LogP contribution in [0.5, 0.6) is 0 Å². The molecule has 19 heavy (non-hydrogen) atoms. The Morgan fingerprint density at radius 2 is 2.11 bits per heavy atom. The number of nitrogens with one attached hydrogen (secondary N) is 1. The lowest BCUT2D eigenvalue weighted by molar-refractivity contribution is 0.254. The molecule has 3 unspecified atom stereocenters. The fraction of sp³-hybridized carbons (Fsp3) is 0.467. The molecule has 2 heterocycles. The molecule has 1 aliphatic heterocycles. The minimum atomic E-state index is 0.0641. The molecule has 1 aromatic rings. The number of hydrogen-bond donors (Lipinski definition) is 3. The Hall–Kier alpha value is -1.26. The van der Waals surface area contributed by atoms with E-state index in [1.807, 2.05) is 6.08 Å². The van der Waals surface area contributed by atoms with Gasteiger partial charge in [0.1, 0.15) is 5.76 Å². The highest BCUT2D eigenvalue weighted by Gasteiger charge is 2.41. The third kappa shape index (κ3) is 1.66. The molecule has 0 spiro atoms. The molecule has 0 bridgehead atoms. The van der Waals surface area contributed by atoms with Crippen molar-refractivity contribution < 1.29 is 10.2 Å². The predicted molar refractivity (Wildman–Crippen MR) is 75.4 cm³/mol. The molecular formula is C15H17NO2S. The van der Waals surface area contributed by atoms with Crippen molar-refractivity contribution in [3.8, 4) is 0 Å². The fourth-order valence-corrected chi connectivity index (χ4v) is 4.71. The van der Waals surface area contributed by atoms with Gasteiger partial charge in [-0.15, -0.1) is 0 Å². The summed E-state index contributed by atoms with van der Waals surface area (Å²) in [5.74, 6) is 0.990. The van der Waals surface area contributed by atoms with Crippen molar-refractivity contribution in [1.29, 1.82) is 0 Å². The Labute approximate surface area is 116 Å².